The third-order valence-electron chi connectivity index (χ3n) is 4.35. The Hall–Kier alpha value is -2.32. The average molecular weight is 321 g/mol. The van der Waals surface area contributed by atoms with Crippen molar-refractivity contribution in [3.8, 4) is 5.75 Å². The van der Waals surface area contributed by atoms with E-state index < -0.39 is 6.09 Å². The van der Waals surface area contributed by atoms with Gasteiger partial charge in [0.25, 0.3) is 5.91 Å². The second kappa shape index (κ2) is 5.39. The van der Waals surface area contributed by atoms with Gasteiger partial charge in [-0.15, -0.1) is 0 Å². The Balaban J connectivity index is 0.00000169. The van der Waals surface area contributed by atoms with Gasteiger partial charge in [-0.05, 0) is 12.1 Å². The lowest BCUT2D eigenvalue weighted by atomic mass is 10.1. The molecule has 2 atom stereocenters. The first-order valence-electron chi connectivity index (χ1n) is 7.54. The van der Waals surface area contributed by atoms with E-state index in [9.17, 15) is 9.59 Å². The normalized spacial score (nSPS) is 26.5. The van der Waals surface area contributed by atoms with Crippen LogP contribution in [0.2, 0.25) is 0 Å². The van der Waals surface area contributed by atoms with Crippen LogP contribution >= 0.6 is 0 Å². The fourth-order valence-electron chi connectivity index (χ4n) is 3.18. The minimum Gasteiger partial charge on any atom is -0.489 e. The minimum absolute atomic E-state index is 0. The summed E-state index contributed by atoms with van der Waals surface area (Å²) < 4.78 is 16.2. The molecule has 4 rings (SSSR count). The Kier molecular flexibility index (Phi) is 3.35. The summed E-state index contributed by atoms with van der Waals surface area (Å²) in [6.45, 7) is 1.66. The summed E-state index contributed by atoms with van der Waals surface area (Å²) >= 11 is 0. The van der Waals surface area contributed by atoms with E-state index in [2.05, 4.69) is 0 Å². The highest BCUT2D eigenvalue weighted by atomic mass is 16.6. The highest BCUT2D eigenvalue weighted by Crippen LogP contribution is 2.40. The van der Waals surface area contributed by atoms with Crippen LogP contribution in [0.1, 0.15) is 1.43 Å². The van der Waals surface area contributed by atoms with Gasteiger partial charge in [0.2, 0.25) is 0 Å². The summed E-state index contributed by atoms with van der Waals surface area (Å²) in [5.41, 5.74) is 7.02. The van der Waals surface area contributed by atoms with Gasteiger partial charge >= 0.3 is 6.09 Å². The molecule has 0 spiro atoms. The van der Waals surface area contributed by atoms with Crippen molar-refractivity contribution in [3.05, 3.63) is 18.2 Å². The van der Waals surface area contributed by atoms with Crippen molar-refractivity contribution in [2.24, 2.45) is 5.73 Å². The zero-order valence-electron chi connectivity index (χ0n) is 12.4. The number of fused-ring (bicyclic) bond motifs is 3. The maximum absolute atomic E-state index is 12.1. The summed E-state index contributed by atoms with van der Waals surface area (Å²) in [5, 5.41) is 0. The van der Waals surface area contributed by atoms with Crippen LogP contribution < -0.4 is 20.3 Å². The molecule has 8 nitrogen and oxygen atoms in total. The lowest BCUT2D eigenvalue weighted by Gasteiger charge is -2.33. The van der Waals surface area contributed by atoms with Gasteiger partial charge in [-0.25, -0.2) is 4.79 Å². The summed E-state index contributed by atoms with van der Waals surface area (Å²) in [5.74, 6) is 0.473. The summed E-state index contributed by atoms with van der Waals surface area (Å²) in [6, 6.07) is 5.14. The number of hydrogen-bond acceptors (Lipinski definition) is 6. The molecule has 0 unspecified atom stereocenters. The maximum Gasteiger partial charge on any atom is 0.415 e. The van der Waals surface area contributed by atoms with Crippen molar-refractivity contribution < 1.29 is 25.2 Å². The monoisotopic (exact) mass is 321 g/mol. The Morgan fingerprint density at radius 1 is 1.35 bits per heavy atom. The zero-order valence-corrected chi connectivity index (χ0v) is 12.4. The molecule has 0 bridgehead atoms. The zero-order chi connectivity index (χ0) is 16.0. The number of morpholine rings is 1. The number of nitrogens with zero attached hydrogens (tertiary/aromatic N) is 2. The molecular formula is C15H19N3O5. The van der Waals surface area contributed by atoms with Crippen molar-refractivity contribution >= 4 is 23.4 Å². The molecule has 2 saturated heterocycles. The van der Waals surface area contributed by atoms with Crippen molar-refractivity contribution in [1.82, 2.24) is 0 Å². The molecule has 2 fully saturated rings. The molecule has 0 radical (unpaired) electrons. The van der Waals surface area contributed by atoms with Gasteiger partial charge in [0.05, 0.1) is 12.3 Å². The van der Waals surface area contributed by atoms with E-state index in [1.807, 2.05) is 0 Å². The predicted octanol–water partition coefficient (Wildman–Crippen LogP) is 0.341. The SMILES string of the molecule is NC[C@@H]1OC(=O)N2c3ccc(N4CCOCC4=O)cc3OC[C@@H]12.[HH]. The Morgan fingerprint density at radius 2 is 2.22 bits per heavy atom. The first-order chi connectivity index (χ1) is 11.2. The number of nitrogens with two attached hydrogens (primary N) is 1. The van der Waals surface area contributed by atoms with Crippen LogP contribution in [-0.4, -0.2) is 57.1 Å². The highest BCUT2D eigenvalue weighted by Gasteiger charge is 2.46. The molecule has 1 aromatic carbocycles. The topological polar surface area (TPSA) is 94.3 Å². The number of anilines is 2. The van der Waals surface area contributed by atoms with Crippen LogP contribution in [0.25, 0.3) is 0 Å². The van der Waals surface area contributed by atoms with Gasteiger partial charge in [-0.3, -0.25) is 9.69 Å². The predicted molar refractivity (Wildman–Crippen MR) is 82.8 cm³/mol. The third kappa shape index (κ3) is 2.22. The fraction of sp³-hybridized carbons (Fsp3) is 0.467. The number of rotatable bonds is 2. The van der Waals surface area contributed by atoms with Crippen LogP contribution in [0, 0.1) is 0 Å². The van der Waals surface area contributed by atoms with Gasteiger partial charge in [-0.1, -0.05) is 0 Å². The Labute approximate surface area is 134 Å². The largest absolute Gasteiger partial charge is 0.489 e. The second-order valence-corrected chi connectivity index (χ2v) is 5.66. The van der Waals surface area contributed by atoms with E-state index in [1.54, 1.807) is 28.0 Å². The summed E-state index contributed by atoms with van der Waals surface area (Å²) in [7, 11) is 0. The van der Waals surface area contributed by atoms with Gasteiger partial charge < -0.3 is 24.8 Å². The quantitative estimate of drug-likeness (QED) is 0.844. The van der Waals surface area contributed by atoms with Crippen LogP contribution in [0.3, 0.4) is 0 Å². The average Bonchev–Trinajstić information content (AvgIpc) is 2.91. The van der Waals surface area contributed by atoms with E-state index in [0.29, 0.717) is 31.2 Å². The molecule has 3 aliphatic heterocycles. The second-order valence-electron chi connectivity index (χ2n) is 5.66. The number of benzene rings is 1. The molecule has 0 aromatic heterocycles. The lowest BCUT2D eigenvalue weighted by molar-refractivity contribution is -0.125. The van der Waals surface area contributed by atoms with Crippen molar-refractivity contribution in [3.63, 3.8) is 0 Å². The number of cyclic esters (lactones) is 1. The van der Waals surface area contributed by atoms with E-state index in [4.69, 9.17) is 19.9 Å². The molecule has 0 aliphatic carbocycles. The van der Waals surface area contributed by atoms with Crippen LogP contribution in [0.15, 0.2) is 18.2 Å². The van der Waals surface area contributed by atoms with E-state index in [1.165, 1.54) is 0 Å². The third-order valence-corrected chi connectivity index (χ3v) is 4.35. The lowest BCUT2D eigenvalue weighted by Crippen LogP contribution is -2.46. The molecule has 2 N–H and O–H groups in total. The number of amides is 2. The van der Waals surface area contributed by atoms with Gasteiger partial charge in [0.1, 0.15) is 31.1 Å². The number of carbonyl (C=O) groups is 2. The number of carbonyl (C=O) groups excluding carboxylic acids is 2. The van der Waals surface area contributed by atoms with Gasteiger partial charge in [-0.2, -0.15) is 0 Å². The molecule has 8 heteroatoms. The first-order valence-corrected chi connectivity index (χ1v) is 7.54. The van der Waals surface area contributed by atoms with E-state index >= 15 is 0 Å². The number of ether oxygens (including phenoxy) is 3. The molecule has 23 heavy (non-hydrogen) atoms. The highest BCUT2D eigenvalue weighted by molar-refractivity contribution is 5.97. The van der Waals surface area contributed by atoms with Crippen LogP contribution in [0.4, 0.5) is 16.2 Å². The summed E-state index contributed by atoms with van der Waals surface area (Å²) in [6.07, 6.45) is -0.777. The standard InChI is InChI=1S/C15H17N3O5.H2/c16-6-13-11-7-22-12-5-9(17-3-4-21-8-14(17)19)1-2-10(12)18(11)15(20)23-13;/h1-2,5,11,13H,3-4,6-8,16H2;1H/t11-,13-;/m0./s1. The van der Waals surface area contributed by atoms with Crippen molar-refractivity contribution in [1.29, 1.82) is 0 Å². The van der Waals surface area contributed by atoms with Gasteiger partial charge in [0, 0.05) is 26.3 Å². The smallest absolute Gasteiger partial charge is 0.415 e. The minimum atomic E-state index is -0.412. The Bertz CT molecular complexity index is 671. The van der Waals surface area contributed by atoms with Gasteiger partial charge in [0.15, 0.2) is 0 Å². The molecule has 124 valence electrons. The molecular weight excluding hydrogens is 302 g/mol. The molecule has 1 aromatic rings. The molecule has 3 heterocycles. The maximum atomic E-state index is 12.1. The first kappa shape index (κ1) is 14.3. The molecule has 0 saturated carbocycles. The van der Waals surface area contributed by atoms with E-state index in [-0.39, 0.29) is 32.6 Å². The molecule has 3 aliphatic rings. The van der Waals surface area contributed by atoms with E-state index in [0.717, 1.165) is 5.69 Å². The fourth-order valence-corrected chi connectivity index (χ4v) is 3.18. The Morgan fingerprint density at radius 3 is 3.00 bits per heavy atom. The van der Waals surface area contributed by atoms with Crippen LogP contribution in [0.5, 0.6) is 5.75 Å². The van der Waals surface area contributed by atoms with Crippen LogP contribution in [-0.2, 0) is 14.3 Å². The van der Waals surface area contributed by atoms with Crippen molar-refractivity contribution in [2.45, 2.75) is 12.1 Å². The number of hydrogen-bond donors (Lipinski definition) is 1. The summed E-state index contributed by atoms with van der Waals surface area (Å²) in [4.78, 5) is 27.3. The molecule has 2 amide bonds. The van der Waals surface area contributed by atoms with Crippen molar-refractivity contribution in [2.75, 3.05) is 42.7 Å².